The van der Waals surface area contributed by atoms with Crippen molar-refractivity contribution in [3.05, 3.63) is 29.7 Å². The molecule has 0 saturated heterocycles. The van der Waals surface area contributed by atoms with Crippen molar-refractivity contribution in [3.63, 3.8) is 0 Å². The van der Waals surface area contributed by atoms with Crippen LogP contribution in [0.15, 0.2) is 18.3 Å². The Labute approximate surface area is 87.2 Å². The predicted molar refractivity (Wildman–Crippen MR) is 54.2 cm³/mol. The first-order chi connectivity index (χ1) is 7.29. The molecule has 0 aliphatic heterocycles. The first kappa shape index (κ1) is 8.42. The summed E-state index contributed by atoms with van der Waals surface area (Å²) in [6.07, 6.45) is 2.99. The highest BCUT2D eigenvalue weighted by molar-refractivity contribution is 5.43. The first-order valence-electron chi connectivity index (χ1n) is 5.04. The molecular weight excluding hydrogens is 188 g/mol. The average molecular weight is 198 g/mol. The van der Waals surface area contributed by atoms with Gasteiger partial charge in [0.2, 0.25) is 0 Å². The molecule has 74 valence electrons. The molecule has 0 amide bonds. The van der Waals surface area contributed by atoms with E-state index in [0.29, 0.717) is 17.4 Å². The lowest BCUT2D eigenvalue weighted by Gasteiger charge is -1.97. The Kier molecular flexibility index (Phi) is 1.57. The van der Waals surface area contributed by atoms with Crippen molar-refractivity contribution in [2.45, 2.75) is 19.3 Å². The van der Waals surface area contributed by atoms with Gasteiger partial charge in [-0.1, -0.05) is 6.92 Å². The summed E-state index contributed by atoms with van der Waals surface area (Å²) in [5.74, 6) is 2.21. The van der Waals surface area contributed by atoms with Gasteiger partial charge in [0.25, 0.3) is 0 Å². The molecule has 0 aromatic carbocycles. The van der Waals surface area contributed by atoms with Crippen molar-refractivity contribution in [2.24, 2.45) is 5.92 Å². The summed E-state index contributed by atoms with van der Waals surface area (Å²) in [7, 11) is 0. The van der Waals surface area contributed by atoms with Gasteiger partial charge < -0.3 is 0 Å². The largest absolute Gasteiger partial charge is 0.285 e. The third-order valence-corrected chi connectivity index (χ3v) is 3.00. The highest BCUT2D eigenvalue weighted by Crippen LogP contribution is 2.45. The summed E-state index contributed by atoms with van der Waals surface area (Å²) in [5.41, 5.74) is 1.47. The molecule has 0 spiro atoms. The van der Waals surface area contributed by atoms with E-state index in [0.717, 1.165) is 11.5 Å². The molecule has 0 radical (unpaired) electrons. The maximum Gasteiger partial charge on any atom is 0.160 e. The maximum atomic E-state index is 8.83. The molecule has 2 heterocycles. The normalized spacial score (nSPS) is 24.0. The molecule has 1 aliphatic rings. The molecule has 0 N–H and O–H groups in total. The number of nitrogens with zero attached hydrogens (tertiary/aromatic N) is 4. The van der Waals surface area contributed by atoms with Gasteiger partial charge in [-0.15, -0.1) is 10.2 Å². The van der Waals surface area contributed by atoms with E-state index in [4.69, 9.17) is 5.26 Å². The molecule has 2 atom stereocenters. The zero-order valence-corrected chi connectivity index (χ0v) is 8.38. The van der Waals surface area contributed by atoms with Gasteiger partial charge in [-0.05, 0) is 24.5 Å². The first-order valence-corrected chi connectivity index (χ1v) is 5.04. The molecule has 4 nitrogen and oxygen atoms in total. The molecule has 1 aliphatic carbocycles. The van der Waals surface area contributed by atoms with Crippen LogP contribution in [-0.4, -0.2) is 14.6 Å². The van der Waals surface area contributed by atoms with Crippen LogP contribution < -0.4 is 0 Å². The van der Waals surface area contributed by atoms with Crippen LogP contribution >= 0.6 is 0 Å². The Morgan fingerprint density at radius 3 is 2.93 bits per heavy atom. The second kappa shape index (κ2) is 2.80. The van der Waals surface area contributed by atoms with Crippen molar-refractivity contribution in [3.8, 4) is 6.07 Å². The lowest BCUT2D eigenvalue weighted by atomic mass is 10.3. The summed E-state index contributed by atoms with van der Waals surface area (Å²) in [6.45, 7) is 2.21. The second-order valence-electron chi connectivity index (χ2n) is 4.14. The van der Waals surface area contributed by atoms with Crippen LogP contribution in [0.5, 0.6) is 0 Å². The van der Waals surface area contributed by atoms with Crippen LogP contribution in [0.2, 0.25) is 0 Å². The van der Waals surface area contributed by atoms with E-state index in [1.54, 1.807) is 6.07 Å². The maximum absolute atomic E-state index is 8.83. The molecule has 1 fully saturated rings. The van der Waals surface area contributed by atoms with E-state index in [9.17, 15) is 0 Å². The van der Waals surface area contributed by atoms with E-state index in [-0.39, 0.29) is 0 Å². The monoisotopic (exact) mass is 198 g/mol. The van der Waals surface area contributed by atoms with E-state index in [1.807, 2.05) is 16.7 Å². The van der Waals surface area contributed by atoms with Crippen molar-refractivity contribution in [2.75, 3.05) is 0 Å². The fourth-order valence-electron chi connectivity index (χ4n) is 1.91. The Bertz CT molecular complexity index is 563. The second-order valence-corrected chi connectivity index (χ2v) is 4.14. The molecule has 4 heteroatoms. The lowest BCUT2D eigenvalue weighted by Crippen LogP contribution is -1.93. The lowest BCUT2D eigenvalue weighted by molar-refractivity contribution is 0.825. The smallest absolute Gasteiger partial charge is 0.160 e. The van der Waals surface area contributed by atoms with Gasteiger partial charge in [0.1, 0.15) is 11.9 Å². The number of hydrogen-bond donors (Lipinski definition) is 0. The summed E-state index contributed by atoms with van der Waals surface area (Å²) in [4.78, 5) is 0. The van der Waals surface area contributed by atoms with E-state index in [1.165, 1.54) is 6.42 Å². The van der Waals surface area contributed by atoms with Crippen LogP contribution in [0.25, 0.3) is 5.65 Å². The highest BCUT2D eigenvalue weighted by atomic mass is 15.2. The molecule has 3 rings (SSSR count). The molecule has 2 aromatic heterocycles. The number of aromatic nitrogens is 3. The van der Waals surface area contributed by atoms with Crippen molar-refractivity contribution in [1.82, 2.24) is 14.6 Å². The fourth-order valence-corrected chi connectivity index (χ4v) is 1.91. The standard InChI is InChI=1S/C11H10N4/c1-7-4-9(7)11-14-13-10-3-2-8(5-12)6-15(10)11/h2-3,6-7,9H,4H2,1H3. The highest BCUT2D eigenvalue weighted by Gasteiger charge is 2.37. The number of pyridine rings is 1. The fraction of sp³-hybridized carbons (Fsp3) is 0.364. The summed E-state index contributed by atoms with van der Waals surface area (Å²) in [5, 5.41) is 17.1. The molecule has 2 aromatic rings. The third-order valence-electron chi connectivity index (χ3n) is 3.00. The molecular formula is C11H10N4. The molecule has 1 saturated carbocycles. The number of fused-ring (bicyclic) bond motifs is 1. The van der Waals surface area contributed by atoms with Gasteiger partial charge in [-0.25, -0.2) is 0 Å². The zero-order chi connectivity index (χ0) is 10.4. The summed E-state index contributed by atoms with van der Waals surface area (Å²) >= 11 is 0. The summed E-state index contributed by atoms with van der Waals surface area (Å²) in [6, 6.07) is 5.73. The van der Waals surface area contributed by atoms with E-state index >= 15 is 0 Å². The Balaban J connectivity index is 2.19. The molecule has 2 unspecified atom stereocenters. The SMILES string of the molecule is CC1CC1c1nnc2ccc(C#N)cn12. The van der Waals surface area contributed by atoms with Gasteiger partial charge in [0, 0.05) is 12.1 Å². The van der Waals surface area contributed by atoms with Crippen LogP contribution in [0, 0.1) is 17.2 Å². The Hall–Kier alpha value is -1.89. The van der Waals surface area contributed by atoms with Crippen molar-refractivity contribution in [1.29, 1.82) is 5.26 Å². The Morgan fingerprint density at radius 2 is 2.27 bits per heavy atom. The van der Waals surface area contributed by atoms with Gasteiger partial charge in [0.15, 0.2) is 5.65 Å². The number of nitriles is 1. The molecule has 0 bridgehead atoms. The zero-order valence-electron chi connectivity index (χ0n) is 8.38. The van der Waals surface area contributed by atoms with Gasteiger partial charge in [-0.2, -0.15) is 5.26 Å². The predicted octanol–water partition coefficient (Wildman–Crippen LogP) is 1.72. The molecule has 15 heavy (non-hydrogen) atoms. The van der Waals surface area contributed by atoms with Gasteiger partial charge >= 0.3 is 0 Å². The number of rotatable bonds is 1. The minimum absolute atomic E-state index is 0.522. The van der Waals surface area contributed by atoms with Gasteiger partial charge in [-0.3, -0.25) is 4.40 Å². The minimum Gasteiger partial charge on any atom is -0.285 e. The minimum atomic E-state index is 0.522. The quantitative estimate of drug-likeness (QED) is 0.701. The van der Waals surface area contributed by atoms with Crippen LogP contribution in [-0.2, 0) is 0 Å². The van der Waals surface area contributed by atoms with Crippen LogP contribution in [0.3, 0.4) is 0 Å². The topological polar surface area (TPSA) is 54.0 Å². The van der Waals surface area contributed by atoms with Crippen LogP contribution in [0.4, 0.5) is 0 Å². The Morgan fingerprint density at radius 1 is 1.47 bits per heavy atom. The van der Waals surface area contributed by atoms with Gasteiger partial charge in [0.05, 0.1) is 5.56 Å². The van der Waals surface area contributed by atoms with E-state index < -0.39 is 0 Å². The summed E-state index contributed by atoms with van der Waals surface area (Å²) < 4.78 is 1.94. The van der Waals surface area contributed by atoms with E-state index in [2.05, 4.69) is 23.2 Å². The number of hydrogen-bond acceptors (Lipinski definition) is 3. The third kappa shape index (κ3) is 1.20. The van der Waals surface area contributed by atoms with Crippen molar-refractivity contribution < 1.29 is 0 Å². The average Bonchev–Trinajstić information content (AvgIpc) is 2.84. The van der Waals surface area contributed by atoms with Crippen molar-refractivity contribution >= 4 is 5.65 Å². The van der Waals surface area contributed by atoms with Crippen LogP contribution in [0.1, 0.15) is 30.7 Å².